The van der Waals surface area contributed by atoms with Gasteiger partial charge in [-0.15, -0.1) is 0 Å². The lowest BCUT2D eigenvalue weighted by atomic mass is 10.3. The van der Waals surface area contributed by atoms with Crippen molar-refractivity contribution in [3.05, 3.63) is 57.2 Å². The van der Waals surface area contributed by atoms with Gasteiger partial charge in [-0.3, -0.25) is 4.79 Å². The van der Waals surface area contributed by atoms with Crippen molar-refractivity contribution in [2.75, 3.05) is 0 Å². The van der Waals surface area contributed by atoms with Gasteiger partial charge >= 0.3 is 0 Å². The third-order valence-corrected chi connectivity index (χ3v) is 4.68. The van der Waals surface area contributed by atoms with Crippen LogP contribution >= 0.6 is 35.0 Å². The summed E-state index contributed by atoms with van der Waals surface area (Å²) in [4.78, 5) is 16.9. The highest BCUT2D eigenvalue weighted by atomic mass is 35.5. The van der Waals surface area contributed by atoms with Crippen LogP contribution in [-0.4, -0.2) is 15.6 Å². The van der Waals surface area contributed by atoms with Gasteiger partial charge in [0.15, 0.2) is 5.17 Å². The molecule has 1 aromatic heterocycles. The molecule has 4 nitrogen and oxygen atoms in total. The number of amides is 1. The molecular formula is C15H11Cl2N3OS. The Kier molecular flexibility index (Phi) is 4.29. The molecule has 1 fully saturated rings. The number of nitrogens with one attached hydrogen (secondary N) is 1. The molecule has 0 aliphatic carbocycles. The van der Waals surface area contributed by atoms with Crippen LogP contribution in [-0.2, 0) is 11.8 Å². The highest BCUT2D eigenvalue weighted by molar-refractivity contribution is 8.18. The molecule has 22 heavy (non-hydrogen) atoms. The van der Waals surface area contributed by atoms with E-state index in [4.69, 9.17) is 23.2 Å². The number of carbonyl (C=O) groups is 1. The zero-order chi connectivity index (χ0) is 15.7. The smallest absolute Gasteiger partial charge is 0.264 e. The molecular weight excluding hydrogens is 341 g/mol. The maximum Gasteiger partial charge on any atom is 0.264 e. The summed E-state index contributed by atoms with van der Waals surface area (Å²) in [6.45, 7) is 0. The van der Waals surface area contributed by atoms with Crippen molar-refractivity contribution in [2.45, 2.75) is 0 Å². The topological polar surface area (TPSA) is 46.4 Å². The van der Waals surface area contributed by atoms with E-state index in [1.165, 1.54) is 11.8 Å². The summed E-state index contributed by atoms with van der Waals surface area (Å²) < 4.78 is 1.92. The first kappa shape index (κ1) is 15.2. The minimum Gasteiger partial charge on any atom is -0.357 e. The molecule has 1 aromatic carbocycles. The standard InChI is InChI=1S/C15H11Cl2N3OS/c1-20-6-5-9(8-20)7-12-14(21)19-15(22-12)18-11-4-2-3-10(16)13(11)17/h2-8H,1H3,(H,18,19,21)/b12-7+. The van der Waals surface area contributed by atoms with Crippen LogP contribution in [0.15, 0.2) is 46.6 Å². The molecule has 2 aromatic rings. The minimum absolute atomic E-state index is 0.175. The molecule has 1 aliphatic rings. The average Bonchev–Trinajstić information content (AvgIpc) is 3.02. The van der Waals surface area contributed by atoms with E-state index < -0.39 is 0 Å². The van der Waals surface area contributed by atoms with Gasteiger partial charge in [0.1, 0.15) is 0 Å². The summed E-state index contributed by atoms with van der Waals surface area (Å²) in [6.07, 6.45) is 5.68. The zero-order valence-corrected chi connectivity index (χ0v) is 13.8. The van der Waals surface area contributed by atoms with Crippen LogP contribution in [0.2, 0.25) is 10.0 Å². The zero-order valence-electron chi connectivity index (χ0n) is 11.5. The van der Waals surface area contributed by atoms with Crippen molar-refractivity contribution in [1.82, 2.24) is 9.88 Å². The Hall–Kier alpha value is -1.69. The molecule has 1 N–H and O–H groups in total. The minimum atomic E-state index is -0.175. The Morgan fingerprint density at radius 1 is 1.32 bits per heavy atom. The van der Waals surface area contributed by atoms with Crippen molar-refractivity contribution in [2.24, 2.45) is 12.0 Å². The lowest BCUT2D eigenvalue weighted by molar-refractivity contribution is -0.115. The Bertz CT molecular complexity index is 811. The molecule has 1 saturated heterocycles. The normalized spacial score (nSPS) is 18.2. The summed E-state index contributed by atoms with van der Waals surface area (Å²) in [5.74, 6) is -0.175. The van der Waals surface area contributed by atoms with Gasteiger partial charge in [-0.05, 0) is 41.6 Å². The van der Waals surface area contributed by atoms with Gasteiger partial charge in [0.25, 0.3) is 5.91 Å². The van der Waals surface area contributed by atoms with Crippen molar-refractivity contribution >= 4 is 57.8 Å². The van der Waals surface area contributed by atoms with Crippen molar-refractivity contribution in [1.29, 1.82) is 0 Å². The number of thioether (sulfide) groups is 1. The molecule has 7 heteroatoms. The number of aryl methyl sites for hydroxylation is 1. The van der Waals surface area contributed by atoms with Crippen LogP contribution in [0.25, 0.3) is 6.08 Å². The fraction of sp³-hybridized carbons (Fsp3) is 0.0667. The number of hydrogen-bond acceptors (Lipinski definition) is 3. The first-order valence-electron chi connectivity index (χ1n) is 6.38. The third kappa shape index (κ3) is 3.21. The van der Waals surface area contributed by atoms with Crippen LogP contribution in [0, 0.1) is 0 Å². The first-order chi connectivity index (χ1) is 10.5. The molecule has 3 rings (SSSR count). The maximum atomic E-state index is 12.0. The monoisotopic (exact) mass is 351 g/mol. The van der Waals surface area contributed by atoms with Crippen LogP contribution < -0.4 is 5.32 Å². The van der Waals surface area contributed by atoms with Gasteiger partial charge in [0.05, 0.1) is 20.6 Å². The number of hydrogen-bond donors (Lipinski definition) is 1. The van der Waals surface area contributed by atoms with Gasteiger partial charge in [-0.2, -0.15) is 0 Å². The number of aromatic nitrogens is 1. The van der Waals surface area contributed by atoms with E-state index >= 15 is 0 Å². The average molecular weight is 352 g/mol. The van der Waals surface area contributed by atoms with E-state index in [0.29, 0.717) is 25.8 Å². The molecule has 112 valence electrons. The van der Waals surface area contributed by atoms with Gasteiger partial charge in [0, 0.05) is 19.4 Å². The van der Waals surface area contributed by atoms with E-state index in [9.17, 15) is 4.79 Å². The molecule has 0 spiro atoms. The van der Waals surface area contributed by atoms with Gasteiger partial charge < -0.3 is 9.88 Å². The summed E-state index contributed by atoms with van der Waals surface area (Å²) in [5, 5.41) is 4.00. The molecule has 0 saturated carbocycles. The summed E-state index contributed by atoms with van der Waals surface area (Å²) in [7, 11) is 1.93. The number of carbonyl (C=O) groups excluding carboxylic acids is 1. The van der Waals surface area contributed by atoms with Gasteiger partial charge in [0.2, 0.25) is 0 Å². The van der Waals surface area contributed by atoms with Gasteiger partial charge in [-0.1, -0.05) is 29.3 Å². The second-order valence-electron chi connectivity index (χ2n) is 4.66. The first-order valence-corrected chi connectivity index (χ1v) is 7.96. The Morgan fingerprint density at radius 3 is 2.86 bits per heavy atom. The summed E-state index contributed by atoms with van der Waals surface area (Å²) >= 11 is 13.3. The second-order valence-corrected chi connectivity index (χ2v) is 6.48. The fourth-order valence-electron chi connectivity index (χ4n) is 1.93. The number of halogens is 2. The van der Waals surface area contributed by atoms with Crippen molar-refractivity contribution in [3.63, 3.8) is 0 Å². The number of rotatable bonds is 2. The van der Waals surface area contributed by atoms with Crippen LogP contribution in [0.3, 0.4) is 0 Å². The second kappa shape index (κ2) is 6.20. The molecule has 0 atom stereocenters. The molecule has 0 bridgehead atoms. The van der Waals surface area contributed by atoms with Gasteiger partial charge in [-0.25, -0.2) is 4.99 Å². The number of benzene rings is 1. The molecule has 2 heterocycles. The fourth-order valence-corrected chi connectivity index (χ4v) is 3.10. The van der Waals surface area contributed by atoms with Crippen molar-refractivity contribution < 1.29 is 4.79 Å². The van der Waals surface area contributed by atoms with Crippen LogP contribution in [0.5, 0.6) is 0 Å². The van der Waals surface area contributed by atoms with E-state index in [2.05, 4.69) is 10.3 Å². The predicted molar refractivity (Wildman–Crippen MR) is 92.7 cm³/mol. The lowest BCUT2D eigenvalue weighted by Crippen LogP contribution is -2.19. The number of nitrogens with zero attached hydrogens (tertiary/aromatic N) is 2. The van der Waals surface area contributed by atoms with E-state index in [0.717, 1.165) is 5.56 Å². The molecule has 0 unspecified atom stereocenters. The van der Waals surface area contributed by atoms with Crippen molar-refractivity contribution in [3.8, 4) is 0 Å². The van der Waals surface area contributed by atoms with Crippen LogP contribution in [0.4, 0.5) is 5.69 Å². The molecule has 1 amide bonds. The largest absolute Gasteiger partial charge is 0.357 e. The van der Waals surface area contributed by atoms with E-state index in [1.807, 2.05) is 36.2 Å². The molecule has 0 radical (unpaired) electrons. The van der Waals surface area contributed by atoms with E-state index in [-0.39, 0.29) is 5.91 Å². The number of aliphatic imine (C=N–C) groups is 1. The quantitative estimate of drug-likeness (QED) is 0.823. The maximum absolute atomic E-state index is 12.0. The van der Waals surface area contributed by atoms with E-state index in [1.54, 1.807) is 18.2 Å². The Labute approximate surface area is 141 Å². The number of amidine groups is 1. The SMILES string of the molecule is Cn1ccc(/C=C2/SC(=Nc3cccc(Cl)c3Cl)NC2=O)c1. The summed E-state index contributed by atoms with van der Waals surface area (Å²) in [6, 6.07) is 7.13. The highest BCUT2D eigenvalue weighted by Gasteiger charge is 2.24. The predicted octanol–water partition coefficient (Wildman–Crippen LogP) is 4.22. The molecule has 1 aliphatic heterocycles. The summed E-state index contributed by atoms with van der Waals surface area (Å²) in [5.41, 5.74) is 1.49. The van der Waals surface area contributed by atoms with Crippen LogP contribution in [0.1, 0.15) is 5.56 Å². The third-order valence-electron chi connectivity index (χ3n) is 2.96. The lowest BCUT2D eigenvalue weighted by Gasteiger charge is -2.00. The highest BCUT2D eigenvalue weighted by Crippen LogP contribution is 2.34. The Balaban J connectivity index is 1.87. The Morgan fingerprint density at radius 2 is 2.14 bits per heavy atom.